The first-order chi connectivity index (χ1) is 14.2. The van der Waals surface area contributed by atoms with Crippen molar-refractivity contribution < 1.29 is 14.6 Å². The Labute approximate surface area is 176 Å². The fourth-order valence-electron chi connectivity index (χ4n) is 6.10. The van der Waals surface area contributed by atoms with Gasteiger partial charge in [-0.2, -0.15) is 0 Å². The Morgan fingerprint density at radius 3 is 1.55 bits per heavy atom. The van der Waals surface area contributed by atoms with Crippen molar-refractivity contribution in [3.63, 3.8) is 0 Å². The van der Waals surface area contributed by atoms with Gasteiger partial charge in [-0.1, -0.05) is 69.9 Å². The summed E-state index contributed by atoms with van der Waals surface area (Å²) < 4.78 is 6.02. The van der Waals surface area contributed by atoms with Gasteiger partial charge < -0.3 is 14.6 Å². The van der Waals surface area contributed by atoms with E-state index in [0.717, 1.165) is 5.75 Å². The summed E-state index contributed by atoms with van der Waals surface area (Å²) in [5, 5.41) is 11.2. The van der Waals surface area contributed by atoms with Crippen LogP contribution in [-0.4, -0.2) is 12.6 Å². The van der Waals surface area contributed by atoms with E-state index in [0.29, 0.717) is 17.8 Å². The number of carbonyl (C=O) groups excluding carboxylic acids is 1. The van der Waals surface area contributed by atoms with Gasteiger partial charge >= 0.3 is 0 Å². The number of hydrogen-bond acceptors (Lipinski definition) is 3. The standard InChI is InChI=1S/C26H38O3/c27-25(28)18-29-26-23(20-12-6-2-7-13-20)16-22(19-10-4-1-5-11-19)17-24(26)21-14-8-3-9-15-21/h16-17,19-21H,1-15,18H2,(H,27,28)/p-1. The van der Waals surface area contributed by atoms with Crippen LogP contribution >= 0.6 is 0 Å². The molecule has 0 unspecified atom stereocenters. The van der Waals surface area contributed by atoms with Crippen LogP contribution in [0.15, 0.2) is 12.1 Å². The Hall–Kier alpha value is -1.51. The highest BCUT2D eigenvalue weighted by Crippen LogP contribution is 2.47. The molecule has 0 heterocycles. The minimum absolute atomic E-state index is 0.331. The summed E-state index contributed by atoms with van der Waals surface area (Å²) in [5.74, 6) is 1.50. The number of benzene rings is 1. The van der Waals surface area contributed by atoms with E-state index in [-0.39, 0.29) is 6.61 Å². The summed E-state index contributed by atoms with van der Waals surface area (Å²) in [5.41, 5.74) is 4.14. The van der Waals surface area contributed by atoms with Crippen molar-refractivity contribution in [1.29, 1.82) is 0 Å². The van der Waals surface area contributed by atoms with Crippen LogP contribution < -0.4 is 9.84 Å². The lowest BCUT2D eigenvalue weighted by atomic mass is 9.75. The van der Waals surface area contributed by atoms with Crippen LogP contribution in [0.3, 0.4) is 0 Å². The molecule has 3 saturated carbocycles. The molecule has 0 radical (unpaired) electrons. The van der Waals surface area contributed by atoms with Gasteiger partial charge in [0.25, 0.3) is 0 Å². The zero-order chi connectivity index (χ0) is 20.1. The van der Waals surface area contributed by atoms with E-state index in [1.54, 1.807) is 0 Å². The van der Waals surface area contributed by atoms with Gasteiger partial charge in [-0.3, -0.25) is 0 Å². The summed E-state index contributed by atoms with van der Waals surface area (Å²) in [6.45, 7) is -0.331. The minimum Gasteiger partial charge on any atom is -0.546 e. The lowest BCUT2D eigenvalue weighted by Gasteiger charge is -2.32. The molecule has 1 aromatic rings. The van der Waals surface area contributed by atoms with Gasteiger partial charge in [0.05, 0.1) is 5.97 Å². The number of rotatable bonds is 6. The Bertz CT molecular complexity index is 638. The molecule has 29 heavy (non-hydrogen) atoms. The van der Waals surface area contributed by atoms with Crippen LogP contribution in [0.5, 0.6) is 5.75 Å². The second kappa shape index (κ2) is 10.00. The van der Waals surface area contributed by atoms with Crippen LogP contribution in [-0.2, 0) is 4.79 Å². The van der Waals surface area contributed by atoms with Crippen LogP contribution in [0.1, 0.15) is 131 Å². The normalized spacial score (nSPS) is 22.5. The molecule has 3 aliphatic rings. The quantitative estimate of drug-likeness (QED) is 0.595. The highest BCUT2D eigenvalue weighted by Gasteiger charge is 2.28. The highest BCUT2D eigenvalue weighted by atomic mass is 16.5. The van der Waals surface area contributed by atoms with Crippen molar-refractivity contribution in [2.75, 3.05) is 6.61 Å². The molecule has 4 rings (SSSR count). The molecular weight excluding hydrogens is 360 g/mol. The molecule has 3 aliphatic carbocycles. The van der Waals surface area contributed by atoms with Crippen molar-refractivity contribution in [3.05, 3.63) is 28.8 Å². The lowest BCUT2D eigenvalue weighted by Crippen LogP contribution is -2.29. The predicted molar refractivity (Wildman–Crippen MR) is 114 cm³/mol. The monoisotopic (exact) mass is 397 g/mol. The maximum absolute atomic E-state index is 11.2. The first-order valence-electron chi connectivity index (χ1n) is 12.2. The van der Waals surface area contributed by atoms with Gasteiger partial charge in [0, 0.05) is 0 Å². The second-order valence-corrected chi connectivity index (χ2v) is 9.69. The molecule has 3 fully saturated rings. The number of carboxylic acid groups (broad SMARTS) is 1. The van der Waals surface area contributed by atoms with Crippen LogP contribution in [0.25, 0.3) is 0 Å². The Morgan fingerprint density at radius 2 is 1.14 bits per heavy atom. The van der Waals surface area contributed by atoms with Gasteiger partial charge in [0.2, 0.25) is 0 Å². The highest BCUT2D eigenvalue weighted by molar-refractivity contribution is 5.66. The largest absolute Gasteiger partial charge is 0.546 e. The zero-order valence-corrected chi connectivity index (χ0v) is 17.9. The van der Waals surface area contributed by atoms with E-state index in [1.807, 2.05) is 0 Å². The number of carbonyl (C=O) groups is 1. The summed E-state index contributed by atoms with van der Waals surface area (Å²) >= 11 is 0. The molecule has 0 amide bonds. The van der Waals surface area contributed by atoms with Crippen LogP contribution in [0.4, 0.5) is 0 Å². The Morgan fingerprint density at radius 1 is 0.724 bits per heavy atom. The topological polar surface area (TPSA) is 49.4 Å². The smallest absolute Gasteiger partial charge is 0.128 e. The molecular formula is C26H37O3-. The van der Waals surface area contributed by atoms with Crippen molar-refractivity contribution >= 4 is 5.97 Å². The van der Waals surface area contributed by atoms with Gasteiger partial charge in [-0.05, 0) is 73.0 Å². The molecule has 0 N–H and O–H groups in total. The Balaban J connectivity index is 1.75. The fraction of sp³-hybridized carbons (Fsp3) is 0.731. The van der Waals surface area contributed by atoms with E-state index < -0.39 is 5.97 Å². The minimum atomic E-state index is -1.12. The molecule has 3 nitrogen and oxygen atoms in total. The maximum Gasteiger partial charge on any atom is 0.128 e. The lowest BCUT2D eigenvalue weighted by molar-refractivity contribution is -0.307. The summed E-state index contributed by atoms with van der Waals surface area (Å²) in [4.78, 5) is 11.2. The zero-order valence-electron chi connectivity index (χ0n) is 17.9. The molecule has 0 aromatic heterocycles. The van der Waals surface area contributed by atoms with E-state index in [4.69, 9.17) is 4.74 Å². The van der Waals surface area contributed by atoms with E-state index >= 15 is 0 Å². The molecule has 0 spiro atoms. The van der Waals surface area contributed by atoms with Gasteiger partial charge in [-0.25, -0.2) is 0 Å². The van der Waals surface area contributed by atoms with Crippen LogP contribution in [0, 0.1) is 0 Å². The molecule has 3 heteroatoms. The third kappa shape index (κ3) is 5.16. The predicted octanol–water partition coefficient (Wildman–Crippen LogP) is 5.96. The van der Waals surface area contributed by atoms with E-state index in [1.165, 1.54) is 113 Å². The van der Waals surface area contributed by atoms with E-state index in [9.17, 15) is 9.90 Å². The average molecular weight is 398 g/mol. The summed E-state index contributed by atoms with van der Waals surface area (Å²) in [6.07, 6.45) is 19.2. The van der Waals surface area contributed by atoms with Gasteiger partial charge in [0.1, 0.15) is 12.4 Å². The number of hydrogen-bond donors (Lipinski definition) is 0. The third-order valence-electron chi connectivity index (χ3n) is 7.67. The first-order valence-corrected chi connectivity index (χ1v) is 12.2. The molecule has 0 bridgehead atoms. The van der Waals surface area contributed by atoms with Crippen molar-refractivity contribution in [3.8, 4) is 5.75 Å². The van der Waals surface area contributed by atoms with Crippen LogP contribution in [0.2, 0.25) is 0 Å². The van der Waals surface area contributed by atoms with E-state index in [2.05, 4.69) is 12.1 Å². The van der Waals surface area contributed by atoms with Crippen molar-refractivity contribution in [2.24, 2.45) is 0 Å². The summed E-state index contributed by atoms with van der Waals surface area (Å²) in [7, 11) is 0. The fourth-order valence-corrected chi connectivity index (χ4v) is 6.10. The third-order valence-corrected chi connectivity index (χ3v) is 7.67. The number of aliphatic carboxylic acids is 1. The second-order valence-electron chi connectivity index (χ2n) is 9.69. The molecule has 0 saturated heterocycles. The molecule has 0 atom stereocenters. The molecule has 0 aliphatic heterocycles. The molecule has 160 valence electrons. The maximum atomic E-state index is 11.2. The number of ether oxygens (including phenoxy) is 1. The first kappa shape index (κ1) is 20.8. The van der Waals surface area contributed by atoms with Gasteiger partial charge in [0.15, 0.2) is 0 Å². The van der Waals surface area contributed by atoms with Crippen molar-refractivity contribution in [2.45, 2.75) is 114 Å². The molecule has 1 aromatic carbocycles. The number of carboxylic acids is 1. The summed E-state index contributed by atoms with van der Waals surface area (Å²) in [6, 6.07) is 4.84. The SMILES string of the molecule is O=C([O-])COc1c(C2CCCCC2)cc(C2CCCCC2)cc1C1CCCCC1. The van der Waals surface area contributed by atoms with Crippen molar-refractivity contribution in [1.82, 2.24) is 0 Å². The average Bonchev–Trinajstić information content (AvgIpc) is 2.79. The Kier molecular flexibility index (Phi) is 7.15. The van der Waals surface area contributed by atoms with Gasteiger partial charge in [-0.15, -0.1) is 0 Å².